The topological polar surface area (TPSA) is 62.6 Å². The van der Waals surface area contributed by atoms with E-state index in [1.54, 1.807) is 18.2 Å². The van der Waals surface area contributed by atoms with Crippen molar-refractivity contribution in [1.82, 2.24) is 0 Å². The summed E-state index contributed by atoms with van der Waals surface area (Å²) in [5, 5.41) is 8.85. The molecule has 2 heterocycles. The summed E-state index contributed by atoms with van der Waals surface area (Å²) < 4.78 is 10.7. The molecule has 0 aromatic heterocycles. The zero-order valence-corrected chi connectivity index (χ0v) is 15.7. The number of fused-ring (bicyclic) bond motifs is 1. The van der Waals surface area contributed by atoms with Crippen LogP contribution in [0.5, 0.6) is 11.5 Å². The Balaban J connectivity index is 1.69. The van der Waals surface area contributed by atoms with Gasteiger partial charge in [-0.15, -0.1) is 0 Å². The smallest absolute Gasteiger partial charge is 0.271 e. The van der Waals surface area contributed by atoms with Crippen molar-refractivity contribution in [1.29, 1.82) is 5.41 Å². The highest BCUT2D eigenvalue weighted by Gasteiger charge is 2.34. The van der Waals surface area contributed by atoms with E-state index in [-0.39, 0.29) is 17.9 Å². The number of thioether (sulfide) groups is 1. The summed E-state index contributed by atoms with van der Waals surface area (Å²) in [4.78, 5) is 14.7. The van der Waals surface area contributed by atoms with Crippen LogP contribution in [0, 0.1) is 19.3 Å². The first-order valence-electron chi connectivity index (χ1n) is 7.93. The average Bonchev–Trinajstić information content (AvgIpc) is 3.15. The zero-order chi connectivity index (χ0) is 18.4. The molecule has 1 N–H and O–H groups in total. The Bertz CT molecular complexity index is 987. The summed E-state index contributed by atoms with van der Waals surface area (Å²) in [7, 11) is 0. The van der Waals surface area contributed by atoms with Gasteiger partial charge >= 0.3 is 0 Å². The maximum Gasteiger partial charge on any atom is 0.271 e. The van der Waals surface area contributed by atoms with Gasteiger partial charge in [0.05, 0.1) is 15.6 Å². The number of benzene rings is 2. The number of aryl methyl sites for hydroxylation is 2. The minimum atomic E-state index is -0.239. The average molecular weight is 387 g/mol. The van der Waals surface area contributed by atoms with Crippen molar-refractivity contribution < 1.29 is 14.3 Å². The fraction of sp³-hybridized carbons (Fsp3) is 0.158. The molecule has 1 fully saturated rings. The van der Waals surface area contributed by atoms with E-state index in [1.165, 1.54) is 4.90 Å². The van der Waals surface area contributed by atoms with E-state index in [0.717, 1.165) is 22.9 Å². The van der Waals surface area contributed by atoms with Crippen molar-refractivity contribution in [3.8, 4) is 11.5 Å². The number of halogens is 1. The van der Waals surface area contributed by atoms with Crippen molar-refractivity contribution in [2.75, 3.05) is 11.7 Å². The van der Waals surface area contributed by atoms with Gasteiger partial charge in [-0.1, -0.05) is 17.7 Å². The van der Waals surface area contributed by atoms with Gasteiger partial charge in [0.25, 0.3) is 5.91 Å². The summed E-state index contributed by atoms with van der Waals surface area (Å²) >= 11 is 7.41. The van der Waals surface area contributed by atoms with Gasteiger partial charge in [0.15, 0.2) is 16.7 Å². The van der Waals surface area contributed by atoms with Crippen molar-refractivity contribution in [2.45, 2.75) is 13.8 Å². The van der Waals surface area contributed by atoms with E-state index in [2.05, 4.69) is 0 Å². The lowest BCUT2D eigenvalue weighted by molar-refractivity contribution is -0.113. The Morgan fingerprint density at radius 2 is 1.88 bits per heavy atom. The van der Waals surface area contributed by atoms with Crippen LogP contribution in [0.2, 0.25) is 5.02 Å². The van der Waals surface area contributed by atoms with Crippen LogP contribution in [0.1, 0.15) is 16.7 Å². The van der Waals surface area contributed by atoms with E-state index in [4.69, 9.17) is 26.5 Å². The van der Waals surface area contributed by atoms with Crippen LogP contribution >= 0.6 is 23.4 Å². The number of nitrogens with zero attached hydrogens (tertiary/aromatic N) is 1. The molecule has 0 aliphatic carbocycles. The molecule has 2 aromatic carbocycles. The first-order valence-corrected chi connectivity index (χ1v) is 9.12. The molecule has 132 valence electrons. The van der Waals surface area contributed by atoms with Gasteiger partial charge in [-0.05, 0) is 66.6 Å². The highest BCUT2D eigenvalue weighted by Crippen LogP contribution is 2.40. The van der Waals surface area contributed by atoms with Gasteiger partial charge in [0, 0.05) is 6.07 Å². The fourth-order valence-corrected chi connectivity index (χ4v) is 3.83. The third-order valence-electron chi connectivity index (χ3n) is 4.35. The van der Waals surface area contributed by atoms with E-state index in [9.17, 15) is 4.79 Å². The maximum absolute atomic E-state index is 12.9. The molecular weight excluding hydrogens is 372 g/mol. The van der Waals surface area contributed by atoms with Crippen LogP contribution < -0.4 is 14.4 Å². The first kappa shape index (κ1) is 17.0. The zero-order valence-electron chi connectivity index (χ0n) is 14.1. The maximum atomic E-state index is 12.9. The van der Waals surface area contributed by atoms with E-state index in [0.29, 0.717) is 32.7 Å². The van der Waals surface area contributed by atoms with E-state index in [1.807, 2.05) is 32.0 Å². The van der Waals surface area contributed by atoms with Crippen LogP contribution in [-0.2, 0) is 4.79 Å². The molecule has 1 amide bonds. The summed E-state index contributed by atoms with van der Waals surface area (Å²) in [6.07, 6.45) is 1.69. The third kappa shape index (κ3) is 2.85. The lowest BCUT2D eigenvalue weighted by atomic mass is 10.1. The lowest BCUT2D eigenvalue weighted by Gasteiger charge is -2.15. The van der Waals surface area contributed by atoms with Crippen LogP contribution in [-0.4, -0.2) is 17.9 Å². The molecule has 0 radical (unpaired) electrons. The number of carbonyl (C=O) groups is 1. The number of hydrogen-bond acceptors (Lipinski definition) is 5. The third-order valence-corrected chi connectivity index (χ3v) is 5.57. The van der Waals surface area contributed by atoms with Gasteiger partial charge in [0.1, 0.15) is 0 Å². The van der Waals surface area contributed by atoms with E-state index >= 15 is 0 Å². The Labute approximate surface area is 160 Å². The summed E-state index contributed by atoms with van der Waals surface area (Å²) in [6, 6.07) is 9.14. The Hall–Kier alpha value is -2.44. The molecule has 26 heavy (non-hydrogen) atoms. The second-order valence-corrected chi connectivity index (χ2v) is 7.49. The highest BCUT2D eigenvalue weighted by atomic mass is 35.5. The van der Waals surface area contributed by atoms with Crippen LogP contribution in [0.15, 0.2) is 35.2 Å². The summed E-state index contributed by atoms with van der Waals surface area (Å²) in [5.74, 6) is 0.946. The SMILES string of the molecule is Cc1ccc(N2C(=N)SC(=Cc3cc4c(cc3Cl)OCO4)C2=O)cc1C. The van der Waals surface area contributed by atoms with Gasteiger partial charge < -0.3 is 9.47 Å². The van der Waals surface area contributed by atoms with Crippen LogP contribution in [0.25, 0.3) is 6.08 Å². The number of amidine groups is 1. The molecule has 2 aromatic rings. The number of nitrogens with one attached hydrogen (secondary N) is 1. The molecule has 2 aliphatic rings. The summed E-state index contributed by atoms with van der Waals surface area (Å²) in [5.41, 5.74) is 3.56. The minimum Gasteiger partial charge on any atom is -0.454 e. The molecule has 5 nitrogen and oxygen atoms in total. The molecule has 0 saturated carbocycles. The van der Waals surface area contributed by atoms with E-state index < -0.39 is 0 Å². The molecule has 0 spiro atoms. The molecule has 7 heteroatoms. The molecule has 0 atom stereocenters. The number of carbonyl (C=O) groups excluding carboxylic acids is 1. The number of ether oxygens (including phenoxy) is 2. The summed E-state index contributed by atoms with van der Waals surface area (Å²) in [6.45, 7) is 4.15. The van der Waals surface area contributed by atoms with Crippen molar-refractivity contribution in [2.24, 2.45) is 0 Å². The Kier molecular flexibility index (Phi) is 4.17. The van der Waals surface area contributed by atoms with Crippen molar-refractivity contribution >= 4 is 46.2 Å². The second-order valence-electron chi connectivity index (χ2n) is 6.05. The standard InChI is InChI=1S/C19H15ClN2O3S/c1-10-3-4-13(5-11(10)2)22-18(23)17(26-19(22)21)7-12-6-15-16(8-14(12)20)25-9-24-15/h3-8,21H,9H2,1-2H3. The van der Waals surface area contributed by atoms with Gasteiger partial charge in [-0.25, -0.2) is 0 Å². The first-order chi connectivity index (χ1) is 12.4. The van der Waals surface area contributed by atoms with Crippen LogP contribution in [0.4, 0.5) is 5.69 Å². The Morgan fingerprint density at radius 3 is 2.62 bits per heavy atom. The molecular formula is C19H15ClN2O3S. The van der Waals surface area contributed by atoms with Crippen LogP contribution in [0.3, 0.4) is 0 Å². The van der Waals surface area contributed by atoms with Crippen molar-refractivity contribution in [3.05, 3.63) is 56.9 Å². The molecule has 2 aliphatic heterocycles. The monoisotopic (exact) mass is 386 g/mol. The quantitative estimate of drug-likeness (QED) is 0.757. The molecule has 0 bridgehead atoms. The van der Waals surface area contributed by atoms with Gasteiger partial charge in [-0.2, -0.15) is 0 Å². The molecule has 4 rings (SSSR count). The van der Waals surface area contributed by atoms with Gasteiger partial charge in [0.2, 0.25) is 6.79 Å². The fourth-order valence-electron chi connectivity index (χ4n) is 2.77. The number of amides is 1. The number of hydrogen-bond donors (Lipinski definition) is 1. The largest absolute Gasteiger partial charge is 0.454 e. The Morgan fingerprint density at radius 1 is 1.15 bits per heavy atom. The second kappa shape index (κ2) is 6.37. The van der Waals surface area contributed by atoms with Gasteiger partial charge in [-0.3, -0.25) is 15.1 Å². The number of rotatable bonds is 2. The molecule has 0 unspecified atom stereocenters. The predicted octanol–water partition coefficient (Wildman–Crippen LogP) is 4.74. The highest BCUT2D eigenvalue weighted by molar-refractivity contribution is 8.19. The molecule has 1 saturated heterocycles. The minimum absolute atomic E-state index is 0.157. The van der Waals surface area contributed by atoms with Crippen molar-refractivity contribution in [3.63, 3.8) is 0 Å². The number of anilines is 1. The normalized spacial score (nSPS) is 17.5. The lowest BCUT2D eigenvalue weighted by Crippen LogP contribution is -2.28. The predicted molar refractivity (Wildman–Crippen MR) is 104 cm³/mol.